The molecule has 0 radical (unpaired) electrons. The van der Waals surface area contributed by atoms with Crippen molar-refractivity contribution in [3.8, 4) is 0 Å². The molecule has 3 N–H and O–H groups in total. The van der Waals surface area contributed by atoms with E-state index in [-0.39, 0.29) is 24.7 Å². The van der Waals surface area contributed by atoms with Crippen LogP contribution < -0.4 is 11.2 Å². The monoisotopic (exact) mass is 495 g/mol. The molecule has 0 spiro atoms. The second kappa shape index (κ2) is 9.44. The maximum absolute atomic E-state index is 13.4. The molecule has 4 rings (SSSR count). The van der Waals surface area contributed by atoms with Crippen LogP contribution in [-0.4, -0.2) is 76.1 Å². The number of hydroxylamine groups is 2. The lowest BCUT2D eigenvalue weighted by Crippen LogP contribution is -2.40. The smallest absolute Gasteiger partial charge is 0.423 e. The van der Waals surface area contributed by atoms with Gasteiger partial charge in [-0.3, -0.25) is 14.3 Å². The first-order chi connectivity index (χ1) is 16.1. The van der Waals surface area contributed by atoms with Gasteiger partial charge in [-0.1, -0.05) is 11.6 Å². The SMILES string of the molecule is CN(N)C(=O)OCC1Cn2nc3c(c2C(=O)N(C)O1)CN(C(=O)Nc1ccc(F)c(Cl)c1)CC3. The molecular formula is C20H23ClFN7O5. The molecule has 0 saturated heterocycles. The number of benzene rings is 1. The Morgan fingerprint density at radius 3 is 2.91 bits per heavy atom. The summed E-state index contributed by atoms with van der Waals surface area (Å²) in [7, 11) is 2.80. The molecule has 0 fully saturated rings. The summed E-state index contributed by atoms with van der Waals surface area (Å²) in [5, 5.41) is 8.98. The van der Waals surface area contributed by atoms with E-state index < -0.39 is 30.0 Å². The third-order valence-corrected chi connectivity index (χ3v) is 5.70. The molecule has 34 heavy (non-hydrogen) atoms. The van der Waals surface area contributed by atoms with Crippen molar-refractivity contribution >= 4 is 35.3 Å². The van der Waals surface area contributed by atoms with Crippen LogP contribution in [0.2, 0.25) is 5.02 Å². The summed E-state index contributed by atoms with van der Waals surface area (Å²) in [6, 6.07) is 3.47. The summed E-state index contributed by atoms with van der Waals surface area (Å²) in [6.07, 6.45) is -0.989. The number of ether oxygens (including phenoxy) is 1. The number of amides is 4. The van der Waals surface area contributed by atoms with Crippen molar-refractivity contribution < 1.29 is 28.3 Å². The van der Waals surface area contributed by atoms with Crippen molar-refractivity contribution in [1.82, 2.24) is 24.8 Å². The molecule has 2 aliphatic rings. The number of rotatable bonds is 3. The first-order valence-corrected chi connectivity index (χ1v) is 10.7. The van der Waals surface area contributed by atoms with Crippen LogP contribution in [0.15, 0.2) is 18.2 Å². The van der Waals surface area contributed by atoms with Gasteiger partial charge in [0.25, 0.3) is 5.91 Å². The molecule has 1 unspecified atom stereocenters. The van der Waals surface area contributed by atoms with Crippen molar-refractivity contribution in [1.29, 1.82) is 0 Å². The van der Waals surface area contributed by atoms with Crippen LogP contribution in [-0.2, 0) is 29.1 Å². The Labute approximate surface area is 198 Å². The summed E-state index contributed by atoms with van der Waals surface area (Å²) in [5.74, 6) is 4.33. The van der Waals surface area contributed by atoms with Gasteiger partial charge in [0.2, 0.25) is 0 Å². The van der Waals surface area contributed by atoms with Crippen LogP contribution in [0.25, 0.3) is 0 Å². The van der Waals surface area contributed by atoms with E-state index in [1.807, 2.05) is 0 Å². The molecule has 4 amide bonds. The second-order valence-electron chi connectivity index (χ2n) is 7.90. The standard InChI is InChI=1S/C20H23ClFN7O5/c1-26(23)20(32)33-10-12-8-29-17(18(30)27(2)34-12)13-9-28(6-5-16(13)25-29)19(31)24-11-3-4-15(22)14(21)7-11/h3-4,7,12H,5-6,8-10,23H2,1-2H3,(H,24,31). The fourth-order valence-corrected chi connectivity index (χ4v) is 3.92. The normalized spacial score (nSPS) is 17.6. The van der Waals surface area contributed by atoms with Gasteiger partial charge in [0.1, 0.15) is 24.2 Å². The topological polar surface area (TPSA) is 135 Å². The minimum Gasteiger partial charge on any atom is -0.446 e. The average Bonchev–Trinajstić information content (AvgIpc) is 3.10. The number of nitrogens with zero attached hydrogens (tertiary/aromatic N) is 5. The maximum Gasteiger partial charge on any atom is 0.423 e. The molecule has 0 bridgehead atoms. The van der Waals surface area contributed by atoms with Gasteiger partial charge in [0.05, 0.1) is 23.8 Å². The van der Waals surface area contributed by atoms with Gasteiger partial charge in [-0.2, -0.15) is 5.10 Å². The molecular weight excluding hydrogens is 473 g/mol. The summed E-state index contributed by atoms with van der Waals surface area (Å²) in [6.45, 7) is 0.522. The lowest BCUT2D eigenvalue weighted by molar-refractivity contribution is -0.160. The zero-order valence-electron chi connectivity index (χ0n) is 18.5. The minimum atomic E-state index is -0.745. The van der Waals surface area contributed by atoms with E-state index in [2.05, 4.69) is 10.4 Å². The van der Waals surface area contributed by atoms with Crippen molar-refractivity contribution in [3.05, 3.63) is 46.0 Å². The predicted molar refractivity (Wildman–Crippen MR) is 117 cm³/mol. The van der Waals surface area contributed by atoms with Gasteiger partial charge < -0.3 is 15.0 Å². The molecule has 0 saturated carbocycles. The van der Waals surface area contributed by atoms with Crippen LogP contribution in [0.4, 0.5) is 19.7 Å². The summed E-state index contributed by atoms with van der Waals surface area (Å²) in [5.41, 5.74) is 1.95. The highest BCUT2D eigenvalue weighted by atomic mass is 35.5. The molecule has 1 aromatic carbocycles. The number of halogens is 2. The van der Waals surface area contributed by atoms with E-state index in [4.69, 9.17) is 27.0 Å². The highest BCUT2D eigenvalue weighted by Gasteiger charge is 2.36. The Kier molecular flexibility index (Phi) is 6.59. The van der Waals surface area contributed by atoms with Gasteiger partial charge >= 0.3 is 12.1 Å². The van der Waals surface area contributed by atoms with E-state index in [1.54, 1.807) is 0 Å². The van der Waals surface area contributed by atoms with Crippen molar-refractivity contribution in [2.75, 3.05) is 32.6 Å². The zero-order chi connectivity index (χ0) is 24.6. The van der Waals surface area contributed by atoms with Gasteiger partial charge in [0.15, 0.2) is 0 Å². The molecule has 182 valence electrons. The van der Waals surface area contributed by atoms with Crippen LogP contribution in [0.1, 0.15) is 21.7 Å². The van der Waals surface area contributed by atoms with Crippen LogP contribution in [0.5, 0.6) is 0 Å². The summed E-state index contributed by atoms with van der Waals surface area (Å²) >= 11 is 5.79. The molecule has 12 nitrogen and oxygen atoms in total. The van der Waals surface area contributed by atoms with Gasteiger partial charge in [-0.05, 0) is 18.2 Å². The highest BCUT2D eigenvalue weighted by Crippen LogP contribution is 2.27. The summed E-state index contributed by atoms with van der Waals surface area (Å²) in [4.78, 5) is 44.6. The van der Waals surface area contributed by atoms with E-state index in [1.165, 1.54) is 35.8 Å². The van der Waals surface area contributed by atoms with E-state index in [0.717, 1.165) is 16.1 Å². The van der Waals surface area contributed by atoms with Crippen molar-refractivity contribution in [2.45, 2.75) is 25.6 Å². The number of urea groups is 1. The molecule has 1 atom stereocenters. The van der Waals surface area contributed by atoms with Crippen LogP contribution in [0.3, 0.4) is 0 Å². The maximum atomic E-state index is 13.4. The Morgan fingerprint density at radius 2 is 2.21 bits per heavy atom. The number of aromatic nitrogens is 2. The Balaban J connectivity index is 1.51. The Hall–Kier alpha value is -3.42. The first-order valence-electron chi connectivity index (χ1n) is 10.3. The molecule has 1 aromatic heterocycles. The lowest BCUT2D eigenvalue weighted by Gasteiger charge is -2.27. The first kappa shape index (κ1) is 23.7. The number of hydrazine groups is 1. The molecule has 2 aliphatic heterocycles. The zero-order valence-corrected chi connectivity index (χ0v) is 19.2. The fraction of sp³-hybridized carbons (Fsp3) is 0.400. The number of fused-ring (bicyclic) bond motifs is 3. The second-order valence-corrected chi connectivity index (χ2v) is 8.31. The molecule has 14 heteroatoms. The minimum absolute atomic E-state index is 0.104. The quantitative estimate of drug-likeness (QED) is 0.375. The molecule has 3 heterocycles. The Morgan fingerprint density at radius 1 is 1.44 bits per heavy atom. The van der Waals surface area contributed by atoms with Gasteiger partial charge in [-0.15, -0.1) is 0 Å². The number of carbonyl (C=O) groups is 3. The third kappa shape index (κ3) is 4.76. The number of nitrogens with two attached hydrogens (primary N) is 1. The van der Waals surface area contributed by atoms with E-state index in [9.17, 15) is 18.8 Å². The number of hydrogen-bond donors (Lipinski definition) is 2. The number of hydrogen-bond acceptors (Lipinski definition) is 7. The number of anilines is 1. The lowest BCUT2D eigenvalue weighted by atomic mass is 10.1. The largest absolute Gasteiger partial charge is 0.446 e. The summed E-state index contributed by atoms with van der Waals surface area (Å²) < 4.78 is 20.0. The van der Waals surface area contributed by atoms with Gasteiger partial charge in [0, 0.05) is 38.3 Å². The molecule has 2 aromatic rings. The third-order valence-electron chi connectivity index (χ3n) is 5.41. The van der Waals surface area contributed by atoms with Crippen LogP contribution in [0, 0.1) is 5.82 Å². The van der Waals surface area contributed by atoms with Crippen molar-refractivity contribution in [2.24, 2.45) is 5.84 Å². The van der Waals surface area contributed by atoms with Gasteiger partial charge in [-0.25, -0.2) is 29.9 Å². The van der Waals surface area contributed by atoms with Crippen LogP contribution >= 0.6 is 11.6 Å². The van der Waals surface area contributed by atoms with Crippen molar-refractivity contribution in [3.63, 3.8) is 0 Å². The average molecular weight is 496 g/mol. The van der Waals surface area contributed by atoms with E-state index >= 15 is 0 Å². The molecule has 0 aliphatic carbocycles. The predicted octanol–water partition coefficient (Wildman–Crippen LogP) is 1.59. The van der Waals surface area contributed by atoms with E-state index in [0.29, 0.717) is 35.6 Å². The number of carbonyl (C=O) groups excluding carboxylic acids is 3. The fourth-order valence-electron chi connectivity index (χ4n) is 3.74. The Bertz CT molecular complexity index is 1140. The number of nitrogens with one attached hydrogen (secondary N) is 1. The highest BCUT2D eigenvalue weighted by molar-refractivity contribution is 6.31.